The second-order valence-corrected chi connectivity index (χ2v) is 8.84. The van der Waals surface area contributed by atoms with Gasteiger partial charge in [-0.25, -0.2) is 4.39 Å². The molecule has 4 heteroatoms. The largest absolute Gasteiger partial charge is 0.569 e. The fraction of sp³-hybridized carbons (Fsp3) is 0.727. The average molecular weight is 359 g/mol. The van der Waals surface area contributed by atoms with Crippen LogP contribution in [0.15, 0.2) is 12.1 Å². The van der Waals surface area contributed by atoms with E-state index in [1.165, 1.54) is 57.8 Å². The van der Waals surface area contributed by atoms with Crippen LogP contribution in [0.4, 0.5) is 4.39 Å². The molecule has 2 aliphatic rings. The van der Waals surface area contributed by atoms with E-state index in [0.29, 0.717) is 24.9 Å². The zero-order chi connectivity index (χ0) is 18.5. The standard InChI is InChI=1S/C22H33BFO2/c1-15-3-5-17(6-4-15)13-18-7-9-19(10-8-18)14-20-11-12-21(26-23-25)16(2)22(20)24/h11-12,15,17-19,25H,3-10,13-14H2,1-2H3. The highest BCUT2D eigenvalue weighted by Gasteiger charge is 2.26. The number of hydrogen-bond donors (Lipinski definition) is 1. The Morgan fingerprint density at radius 1 is 1.00 bits per heavy atom. The van der Waals surface area contributed by atoms with E-state index in [-0.39, 0.29) is 5.82 Å². The summed E-state index contributed by atoms with van der Waals surface area (Å²) in [5, 5.41) is 8.75. The van der Waals surface area contributed by atoms with Gasteiger partial charge in [-0.1, -0.05) is 51.5 Å². The summed E-state index contributed by atoms with van der Waals surface area (Å²) in [6, 6.07) is 3.58. The number of benzene rings is 1. The molecule has 1 radical (unpaired) electrons. The van der Waals surface area contributed by atoms with E-state index >= 15 is 0 Å². The van der Waals surface area contributed by atoms with Crippen LogP contribution in [0, 0.1) is 36.4 Å². The van der Waals surface area contributed by atoms with Crippen molar-refractivity contribution in [1.82, 2.24) is 0 Å². The van der Waals surface area contributed by atoms with E-state index in [4.69, 9.17) is 9.68 Å². The van der Waals surface area contributed by atoms with Crippen molar-refractivity contribution in [3.05, 3.63) is 29.1 Å². The van der Waals surface area contributed by atoms with E-state index in [9.17, 15) is 4.39 Å². The minimum Gasteiger partial charge on any atom is -0.537 e. The molecule has 0 aromatic heterocycles. The molecule has 143 valence electrons. The Morgan fingerprint density at radius 3 is 2.19 bits per heavy atom. The Balaban J connectivity index is 1.47. The molecule has 2 fully saturated rings. The van der Waals surface area contributed by atoms with E-state index in [1.807, 2.05) is 6.07 Å². The molecule has 1 N–H and O–H groups in total. The summed E-state index contributed by atoms with van der Waals surface area (Å²) in [5.74, 6) is 3.60. The highest BCUT2D eigenvalue weighted by molar-refractivity contribution is 6.17. The van der Waals surface area contributed by atoms with Gasteiger partial charge in [0.15, 0.2) is 0 Å². The summed E-state index contributed by atoms with van der Waals surface area (Å²) >= 11 is 0. The molecule has 1 aromatic rings. The maximum absolute atomic E-state index is 14.6. The van der Waals surface area contributed by atoms with Crippen molar-refractivity contribution in [2.45, 2.75) is 78.1 Å². The number of halogens is 1. The molecule has 0 bridgehead atoms. The SMILES string of the molecule is Cc1c(O[B]O)ccc(CC2CCC(CC3CCC(C)CC3)CC2)c1F. The van der Waals surface area contributed by atoms with Gasteiger partial charge >= 0.3 is 7.69 Å². The van der Waals surface area contributed by atoms with E-state index < -0.39 is 0 Å². The highest BCUT2D eigenvalue weighted by Crippen LogP contribution is 2.39. The van der Waals surface area contributed by atoms with Crippen LogP contribution >= 0.6 is 0 Å². The summed E-state index contributed by atoms with van der Waals surface area (Å²) in [4.78, 5) is 0. The van der Waals surface area contributed by atoms with E-state index in [1.54, 1.807) is 13.0 Å². The summed E-state index contributed by atoms with van der Waals surface area (Å²) in [6.45, 7) is 4.10. The molecule has 0 heterocycles. The smallest absolute Gasteiger partial charge is 0.537 e. The fourth-order valence-electron chi connectivity index (χ4n) is 5.08. The topological polar surface area (TPSA) is 29.5 Å². The first-order valence-corrected chi connectivity index (χ1v) is 10.5. The molecule has 26 heavy (non-hydrogen) atoms. The van der Waals surface area contributed by atoms with Crippen LogP contribution in [0.25, 0.3) is 0 Å². The van der Waals surface area contributed by atoms with Gasteiger partial charge in [0.25, 0.3) is 0 Å². The second-order valence-electron chi connectivity index (χ2n) is 8.84. The molecular formula is C22H33BFO2. The van der Waals surface area contributed by atoms with Gasteiger partial charge < -0.3 is 9.68 Å². The van der Waals surface area contributed by atoms with E-state index in [0.717, 1.165) is 29.7 Å². The third-order valence-corrected chi connectivity index (χ3v) is 6.87. The van der Waals surface area contributed by atoms with Gasteiger partial charge in [0.1, 0.15) is 11.6 Å². The molecule has 0 saturated heterocycles. The van der Waals surface area contributed by atoms with Crippen molar-refractivity contribution in [2.75, 3.05) is 0 Å². The molecule has 0 amide bonds. The average Bonchev–Trinajstić information content (AvgIpc) is 2.65. The summed E-state index contributed by atoms with van der Waals surface area (Å²) in [5.41, 5.74) is 1.27. The molecule has 2 saturated carbocycles. The number of rotatable bonds is 6. The van der Waals surface area contributed by atoms with Gasteiger partial charge in [0, 0.05) is 5.56 Å². The third-order valence-electron chi connectivity index (χ3n) is 6.87. The predicted octanol–water partition coefficient (Wildman–Crippen LogP) is 5.60. The Labute approximate surface area is 158 Å². The maximum Gasteiger partial charge on any atom is 0.569 e. The molecule has 0 unspecified atom stereocenters. The predicted molar refractivity (Wildman–Crippen MR) is 105 cm³/mol. The van der Waals surface area contributed by atoms with Crippen molar-refractivity contribution in [3.8, 4) is 5.75 Å². The Hall–Kier alpha value is -1.03. The summed E-state index contributed by atoms with van der Waals surface area (Å²) in [7, 11) is 0.607. The fourth-order valence-corrected chi connectivity index (χ4v) is 5.08. The van der Waals surface area contributed by atoms with Crippen molar-refractivity contribution < 1.29 is 14.1 Å². The minimum absolute atomic E-state index is 0.178. The lowest BCUT2D eigenvalue weighted by Gasteiger charge is -2.33. The number of hydrogen-bond acceptors (Lipinski definition) is 2. The third kappa shape index (κ3) is 5.03. The lowest BCUT2D eigenvalue weighted by molar-refractivity contribution is 0.195. The monoisotopic (exact) mass is 359 g/mol. The first-order chi connectivity index (χ1) is 12.6. The van der Waals surface area contributed by atoms with Crippen molar-refractivity contribution in [3.63, 3.8) is 0 Å². The molecule has 0 atom stereocenters. The molecule has 3 rings (SSSR count). The zero-order valence-corrected chi connectivity index (χ0v) is 16.3. The zero-order valence-electron chi connectivity index (χ0n) is 16.3. The Kier molecular flexibility index (Phi) is 7.02. The molecule has 2 nitrogen and oxygen atoms in total. The molecule has 1 aromatic carbocycles. The summed E-state index contributed by atoms with van der Waals surface area (Å²) < 4.78 is 19.5. The first-order valence-electron chi connectivity index (χ1n) is 10.5. The molecule has 0 spiro atoms. The first kappa shape index (κ1) is 19.7. The van der Waals surface area contributed by atoms with Crippen LogP contribution in [0.3, 0.4) is 0 Å². The lowest BCUT2D eigenvalue weighted by Crippen LogP contribution is -2.21. The maximum atomic E-state index is 14.6. The van der Waals surface area contributed by atoms with Gasteiger partial charge in [-0.3, -0.25) is 0 Å². The Bertz CT molecular complexity index is 576. The molecule has 0 aliphatic heterocycles. The van der Waals surface area contributed by atoms with Crippen LogP contribution < -0.4 is 4.65 Å². The van der Waals surface area contributed by atoms with Crippen LogP contribution in [0.5, 0.6) is 5.75 Å². The van der Waals surface area contributed by atoms with Gasteiger partial charge in [-0.15, -0.1) is 0 Å². The minimum atomic E-state index is -0.178. The van der Waals surface area contributed by atoms with Crippen LogP contribution in [-0.4, -0.2) is 12.7 Å². The van der Waals surface area contributed by atoms with Crippen molar-refractivity contribution >= 4 is 7.69 Å². The van der Waals surface area contributed by atoms with E-state index in [2.05, 4.69) is 6.92 Å². The highest BCUT2D eigenvalue weighted by atomic mass is 19.1. The van der Waals surface area contributed by atoms with Crippen molar-refractivity contribution in [2.24, 2.45) is 23.7 Å². The summed E-state index contributed by atoms with van der Waals surface area (Å²) in [6.07, 6.45) is 13.1. The second kappa shape index (κ2) is 9.26. The molecular weight excluding hydrogens is 326 g/mol. The van der Waals surface area contributed by atoms with Crippen LogP contribution in [-0.2, 0) is 6.42 Å². The van der Waals surface area contributed by atoms with Crippen molar-refractivity contribution in [1.29, 1.82) is 0 Å². The normalized spacial score (nSPS) is 29.4. The van der Waals surface area contributed by atoms with Gasteiger partial charge in [-0.05, 0) is 67.9 Å². The van der Waals surface area contributed by atoms with Gasteiger partial charge in [0.05, 0.1) is 0 Å². The van der Waals surface area contributed by atoms with Gasteiger partial charge in [0.2, 0.25) is 0 Å². The quantitative estimate of drug-likeness (QED) is 0.670. The lowest BCUT2D eigenvalue weighted by atomic mass is 9.72. The van der Waals surface area contributed by atoms with Crippen LogP contribution in [0.1, 0.15) is 75.8 Å². The van der Waals surface area contributed by atoms with Crippen LogP contribution in [0.2, 0.25) is 0 Å². The molecule has 2 aliphatic carbocycles. The Morgan fingerprint density at radius 2 is 1.58 bits per heavy atom. The van der Waals surface area contributed by atoms with Gasteiger partial charge in [-0.2, -0.15) is 0 Å².